The zero-order valence-corrected chi connectivity index (χ0v) is 11.0. The van der Waals surface area contributed by atoms with Gasteiger partial charge < -0.3 is 5.73 Å². The molecule has 2 nitrogen and oxygen atoms in total. The van der Waals surface area contributed by atoms with Crippen LogP contribution in [0.25, 0.3) is 5.57 Å². The number of allylic oxidation sites excluding steroid dienone is 2. The summed E-state index contributed by atoms with van der Waals surface area (Å²) in [6, 6.07) is 7.91. The SMILES string of the molecule is CC1C=CC2(C(=N)N)CC2=C1c1cccc(Cl)c1. The van der Waals surface area contributed by atoms with Gasteiger partial charge in [0, 0.05) is 5.02 Å². The number of fused-ring (bicyclic) bond motifs is 1. The van der Waals surface area contributed by atoms with Crippen molar-refractivity contribution in [2.75, 3.05) is 0 Å². The van der Waals surface area contributed by atoms with Gasteiger partial charge in [-0.05, 0) is 41.2 Å². The first-order valence-corrected chi connectivity index (χ1v) is 6.46. The van der Waals surface area contributed by atoms with Crippen LogP contribution in [0.1, 0.15) is 18.9 Å². The Morgan fingerprint density at radius 2 is 2.28 bits per heavy atom. The monoisotopic (exact) mass is 258 g/mol. The molecule has 1 fully saturated rings. The Labute approximate surface area is 112 Å². The molecule has 0 aromatic heterocycles. The molecular formula is C15H15ClN2. The molecule has 1 aromatic rings. The molecule has 2 unspecified atom stereocenters. The summed E-state index contributed by atoms with van der Waals surface area (Å²) in [5.74, 6) is 0.605. The summed E-state index contributed by atoms with van der Waals surface area (Å²) in [6.45, 7) is 2.17. The summed E-state index contributed by atoms with van der Waals surface area (Å²) < 4.78 is 0. The van der Waals surface area contributed by atoms with Crippen LogP contribution in [-0.2, 0) is 0 Å². The molecule has 0 amide bonds. The topological polar surface area (TPSA) is 49.9 Å². The lowest BCUT2D eigenvalue weighted by Gasteiger charge is -2.20. The number of halogens is 1. The molecule has 0 heterocycles. The minimum atomic E-state index is -0.288. The van der Waals surface area contributed by atoms with Crippen LogP contribution in [0, 0.1) is 16.7 Å². The molecule has 0 aliphatic heterocycles. The summed E-state index contributed by atoms with van der Waals surface area (Å²) in [4.78, 5) is 0. The van der Waals surface area contributed by atoms with Gasteiger partial charge in [0.15, 0.2) is 0 Å². The van der Waals surface area contributed by atoms with E-state index in [1.807, 2.05) is 18.2 Å². The number of nitrogens with one attached hydrogen (secondary N) is 1. The van der Waals surface area contributed by atoms with E-state index >= 15 is 0 Å². The van der Waals surface area contributed by atoms with Gasteiger partial charge in [0.05, 0.1) is 5.41 Å². The normalized spacial score (nSPS) is 29.1. The highest BCUT2D eigenvalue weighted by Gasteiger charge is 2.53. The third-order valence-electron chi connectivity index (χ3n) is 3.94. The molecule has 2 atom stereocenters. The highest BCUT2D eigenvalue weighted by atomic mass is 35.5. The summed E-state index contributed by atoms with van der Waals surface area (Å²) in [5, 5.41) is 8.50. The molecule has 1 aromatic carbocycles. The quantitative estimate of drug-likeness (QED) is 0.475. The maximum Gasteiger partial charge on any atom is 0.105 e. The van der Waals surface area contributed by atoms with E-state index in [9.17, 15) is 0 Å². The highest BCUT2D eigenvalue weighted by Crippen LogP contribution is 2.60. The second kappa shape index (κ2) is 3.72. The average Bonchev–Trinajstić information content (AvgIpc) is 3.04. The fraction of sp³-hybridized carbons (Fsp3) is 0.267. The van der Waals surface area contributed by atoms with Crippen LogP contribution in [0.3, 0.4) is 0 Å². The Hall–Kier alpha value is -1.54. The molecule has 2 aliphatic rings. The van der Waals surface area contributed by atoms with Crippen LogP contribution in [0.15, 0.2) is 42.0 Å². The zero-order chi connectivity index (χ0) is 12.9. The molecule has 1 saturated carbocycles. The van der Waals surface area contributed by atoms with Crippen molar-refractivity contribution in [3.8, 4) is 0 Å². The van der Waals surface area contributed by atoms with E-state index in [2.05, 4.69) is 25.1 Å². The minimum Gasteiger partial charge on any atom is -0.387 e. The number of hydrogen-bond donors (Lipinski definition) is 2. The van der Waals surface area contributed by atoms with Crippen molar-refractivity contribution >= 4 is 23.0 Å². The lowest BCUT2D eigenvalue weighted by molar-refractivity contribution is 0.860. The lowest BCUT2D eigenvalue weighted by atomic mass is 9.85. The molecule has 0 spiro atoms. The standard InChI is InChI=1S/C15H15ClN2/c1-9-5-6-15(14(17)18)8-12(15)13(9)10-3-2-4-11(16)7-10/h2-7,9H,8H2,1H3,(H3,17,18). The molecule has 3 rings (SSSR count). The van der Waals surface area contributed by atoms with Crippen molar-refractivity contribution in [2.45, 2.75) is 13.3 Å². The van der Waals surface area contributed by atoms with E-state index in [0.29, 0.717) is 5.92 Å². The number of benzene rings is 1. The van der Waals surface area contributed by atoms with E-state index in [0.717, 1.165) is 17.0 Å². The lowest BCUT2D eigenvalue weighted by Crippen LogP contribution is -2.24. The highest BCUT2D eigenvalue weighted by molar-refractivity contribution is 6.30. The molecule has 0 saturated heterocycles. The first kappa shape index (κ1) is 11.5. The Kier molecular flexibility index (Phi) is 2.39. The number of nitrogens with two attached hydrogens (primary N) is 1. The Morgan fingerprint density at radius 3 is 2.94 bits per heavy atom. The predicted octanol–water partition coefficient (Wildman–Crippen LogP) is 3.63. The van der Waals surface area contributed by atoms with E-state index < -0.39 is 0 Å². The first-order chi connectivity index (χ1) is 8.54. The predicted molar refractivity (Wildman–Crippen MR) is 75.6 cm³/mol. The summed E-state index contributed by atoms with van der Waals surface area (Å²) in [5.41, 5.74) is 9.17. The van der Waals surface area contributed by atoms with Gasteiger partial charge in [0.2, 0.25) is 0 Å². The van der Waals surface area contributed by atoms with Crippen molar-refractivity contribution in [3.63, 3.8) is 0 Å². The van der Waals surface area contributed by atoms with Crippen LogP contribution >= 0.6 is 11.6 Å². The van der Waals surface area contributed by atoms with Gasteiger partial charge in [-0.3, -0.25) is 5.41 Å². The fourth-order valence-corrected chi connectivity index (χ4v) is 3.04. The summed E-state index contributed by atoms with van der Waals surface area (Å²) >= 11 is 6.06. The van der Waals surface area contributed by atoms with Crippen molar-refractivity contribution in [1.82, 2.24) is 0 Å². The minimum absolute atomic E-state index is 0.250. The largest absolute Gasteiger partial charge is 0.387 e. The zero-order valence-electron chi connectivity index (χ0n) is 10.2. The van der Waals surface area contributed by atoms with Crippen molar-refractivity contribution in [3.05, 3.63) is 52.6 Å². The second-order valence-electron chi connectivity index (χ2n) is 5.11. The van der Waals surface area contributed by atoms with Crippen molar-refractivity contribution < 1.29 is 0 Å². The Balaban J connectivity index is 2.12. The smallest absolute Gasteiger partial charge is 0.105 e. The fourth-order valence-electron chi connectivity index (χ4n) is 2.85. The number of amidine groups is 1. The van der Waals surface area contributed by atoms with Crippen molar-refractivity contribution in [2.24, 2.45) is 17.1 Å². The molecular weight excluding hydrogens is 244 g/mol. The number of rotatable bonds is 2. The maximum absolute atomic E-state index is 7.75. The van der Waals surface area contributed by atoms with E-state index in [4.69, 9.17) is 22.7 Å². The van der Waals surface area contributed by atoms with E-state index in [-0.39, 0.29) is 11.3 Å². The van der Waals surface area contributed by atoms with Gasteiger partial charge in [-0.15, -0.1) is 0 Å². The maximum atomic E-state index is 7.75. The Morgan fingerprint density at radius 1 is 1.50 bits per heavy atom. The van der Waals surface area contributed by atoms with E-state index in [1.54, 1.807) is 0 Å². The molecule has 0 bridgehead atoms. The number of hydrogen-bond acceptors (Lipinski definition) is 1. The van der Waals surface area contributed by atoms with Gasteiger partial charge in [0.1, 0.15) is 5.84 Å². The van der Waals surface area contributed by atoms with Gasteiger partial charge in [-0.2, -0.15) is 0 Å². The van der Waals surface area contributed by atoms with Gasteiger partial charge >= 0.3 is 0 Å². The summed E-state index contributed by atoms with van der Waals surface area (Å²) in [7, 11) is 0. The van der Waals surface area contributed by atoms with E-state index in [1.165, 1.54) is 11.1 Å². The van der Waals surface area contributed by atoms with Crippen LogP contribution in [0.2, 0.25) is 5.02 Å². The average molecular weight is 259 g/mol. The van der Waals surface area contributed by atoms with Gasteiger partial charge in [-0.25, -0.2) is 0 Å². The third-order valence-corrected chi connectivity index (χ3v) is 4.17. The van der Waals surface area contributed by atoms with Crippen molar-refractivity contribution in [1.29, 1.82) is 5.41 Å². The molecule has 2 aliphatic carbocycles. The molecule has 92 valence electrons. The van der Waals surface area contributed by atoms with Crippen LogP contribution in [0.5, 0.6) is 0 Å². The molecule has 0 radical (unpaired) electrons. The van der Waals surface area contributed by atoms with Gasteiger partial charge in [0.25, 0.3) is 0 Å². The summed E-state index contributed by atoms with van der Waals surface area (Å²) in [6.07, 6.45) is 5.11. The third kappa shape index (κ3) is 1.52. The van der Waals surface area contributed by atoms with Gasteiger partial charge in [-0.1, -0.05) is 42.8 Å². The van der Waals surface area contributed by atoms with Crippen LogP contribution in [-0.4, -0.2) is 5.84 Å². The molecule has 18 heavy (non-hydrogen) atoms. The molecule has 3 N–H and O–H groups in total. The molecule has 3 heteroatoms. The van der Waals surface area contributed by atoms with Crippen LogP contribution in [0.4, 0.5) is 0 Å². The first-order valence-electron chi connectivity index (χ1n) is 6.08. The van der Waals surface area contributed by atoms with Crippen LogP contribution < -0.4 is 5.73 Å². The Bertz CT molecular complexity index is 600. The second-order valence-corrected chi connectivity index (χ2v) is 5.55.